The number of carbonyl (C=O) groups is 1. The second kappa shape index (κ2) is 20.3. The summed E-state index contributed by atoms with van der Waals surface area (Å²) in [7, 11) is 0. The van der Waals surface area contributed by atoms with Gasteiger partial charge in [-0.05, 0) is 25.7 Å². The van der Waals surface area contributed by atoms with E-state index in [1.807, 2.05) is 0 Å². The van der Waals surface area contributed by atoms with Crippen molar-refractivity contribution in [3.8, 4) is 0 Å². The Morgan fingerprint density at radius 3 is 1.60 bits per heavy atom. The average molecular weight is 419 g/mol. The van der Waals surface area contributed by atoms with Gasteiger partial charge in [-0.15, -0.1) is 0 Å². The first kappa shape index (κ1) is 24.9. The molecule has 0 aliphatic rings. The zero-order valence-electron chi connectivity index (χ0n) is 17.2. The molecule has 150 valence electrons. The summed E-state index contributed by atoms with van der Waals surface area (Å²) in [6.45, 7) is 6.48. The molecule has 0 saturated carbocycles. The molecule has 0 fully saturated rings. The third-order valence-corrected chi connectivity index (χ3v) is 5.50. The highest BCUT2D eigenvalue weighted by Crippen LogP contribution is 2.11. The number of amides is 1. The summed E-state index contributed by atoms with van der Waals surface area (Å²) in [6, 6.07) is 0. The maximum atomic E-state index is 12.6. The third kappa shape index (κ3) is 17.1. The Balaban J connectivity index is 3.99. The molecule has 0 aliphatic heterocycles. The van der Waals surface area contributed by atoms with E-state index in [-0.39, 0.29) is 0 Å². The molecule has 0 aromatic rings. The molecule has 3 heteroatoms. The van der Waals surface area contributed by atoms with E-state index in [9.17, 15) is 4.79 Å². The number of rotatable bonds is 19. The van der Waals surface area contributed by atoms with Crippen LogP contribution in [0.4, 0.5) is 0 Å². The van der Waals surface area contributed by atoms with E-state index in [0.29, 0.717) is 5.91 Å². The number of carbonyl (C=O) groups excluding carboxylic acids is 1. The van der Waals surface area contributed by atoms with Gasteiger partial charge in [0.05, 0.1) is 0 Å². The van der Waals surface area contributed by atoms with Crippen LogP contribution in [0.1, 0.15) is 117 Å². The predicted molar refractivity (Wildman–Crippen MR) is 116 cm³/mol. The van der Waals surface area contributed by atoms with Crippen LogP contribution in [-0.4, -0.2) is 29.2 Å². The van der Waals surface area contributed by atoms with Crippen molar-refractivity contribution in [3.05, 3.63) is 0 Å². The molecule has 0 unspecified atom stereocenters. The average Bonchev–Trinajstić information content (AvgIpc) is 2.62. The lowest BCUT2D eigenvalue weighted by Gasteiger charge is -2.23. The van der Waals surface area contributed by atoms with Crippen LogP contribution in [-0.2, 0) is 4.79 Å². The van der Waals surface area contributed by atoms with Crippen LogP contribution in [0.3, 0.4) is 0 Å². The van der Waals surface area contributed by atoms with Gasteiger partial charge in [0.1, 0.15) is 0 Å². The van der Waals surface area contributed by atoms with Crippen LogP contribution in [0.15, 0.2) is 0 Å². The van der Waals surface area contributed by atoms with Gasteiger partial charge in [0, 0.05) is 24.8 Å². The molecule has 0 atom stereocenters. The van der Waals surface area contributed by atoms with E-state index in [4.69, 9.17) is 0 Å². The Bertz CT molecular complexity index is 269. The first-order valence-electron chi connectivity index (χ1n) is 11.1. The van der Waals surface area contributed by atoms with Crippen LogP contribution in [0, 0.1) is 0 Å². The molecule has 0 aliphatic carbocycles. The zero-order valence-corrected chi connectivity index (χ0v) is 18.8. The van der Waals surface area contributed by atoms with Crippen molar-refractivity contribution in [1.29, 1.82) is 0 Å². The lowest BCUT2D eigenvalue weighted by molar-refractivity contribution is -0.131. The minimum Gasteiger partial charge on any atom is -0.343 e. The fraction of sp³-hybridized carbons (Fsp3) is 0.955. The highest BCUT2D eigenvalue weighted by molar-refractivity contribution is 9.09. The van der Waals surface area contributed by atoms with Crippen molar-refractivity contribution in [2.75, 3.05) is 18.4 Å². The second-order valence-electron chi connectivity index (χ2n) is 7.42. The second-order valence-corrected chi connectivity index (χ2v) is 8.21. The van der Waals surface area contributed by atoms with Gasteiger partial charge in [0.2, 0.25) is 5.91 Å². The van der Waals surface area contributed by atoms with Gasteiger partial charge < -0.3 is 4.90 Å². The SMILES string of the molecule is CCCCCCCN(CCCCCCC)C(=O)CCCCCCCBr. The summed E-state index contributed by atoms with van der Waals surface area (Å²) in [4.78, 5) is 14.8. The Labute approximate surface area is 166 Å². The summed E-state index contributed by atoms with van der Waals surface area (Å²) >= 11 is 3.48. The largest absolute Gasteiger partial charge is 0.343 e. The maximum Gasteiger partial charge on any atom is 0.222 e. The van der Waals surface area contributed by atoms with Crippen LogP contribution < -0.4 is 0 Å². The molecule has 0 spiro atoms. The van der Waals surface area contributed by atoms with Gasteiger partial charge in [-0.1, -0.05) is 100 Å². The topological polar surface area (TPSA) is 20.3 Å². The van der Waals surface area contributed by atoms with Crippen molar-refractivity contribution in [3.63, 3.8) is 0 Å². The highest BCUT2D eigenvalue weighted by Gasteiger charge is 2.12. The molecule has 0 saturated heterocycles. The van der Waals surface area contributed by atoms with Crippen molar-refractivity contribution in [2.45, 2.75) is 117 Å². The molecule has 0 radical (unpaired) electrons. The van der Waals surface area contributed by atoms with E-state index >= 15 is 0 Å². The van der Waals surface area contributed by atoms with Crippen molar-refractivity contribution in [1.82, 2.24) is 4.90 Å². The molecule has 0 rings (SSSR count). The zero-order chi connectivity index (χ0) is 18.6. The van der Waals surface area contributed by atoms with Gasteiger partial charge in [-0.2, -0.15) is 0 Å². The van der Waals surface area contributed by atoms with E-state index in [1.54, 1.807) is 0 Å². The fourth-order valence-corrected chi connectivity index (χ4v) is 3.63. The maximum absolute atomic E-state index is 12.6. The molecule has 0 aromatic heterocycles. The number of nitrogens with zero attached hydrogens (tertiary/aromatic N) is 1. The van der Waals surface area contributed by atoms with Gasteiger partial charge in [0.25, 0.3) is 0 Å². The molecule has 0 bridgehead atoms. The van der Waals surface area contributed by atoms with E-state index in [0.717, 1.165) is 31.3 Å². The lowest BCUT2D eigenvalue weighted by Crippen LogP contribution is -2.32. The Hall–Kier alpha value is -0.0500. The van der Waals surface area contributed by atoms with Crippen molar-refractivity contribution in [2.24, 2.45) is 0 Å². The smallest absolute Gasteiger partial charge is 0.222 e. The molecule has 1 amide bonds. The van der Waals surface area contributed by atoms with E-state index < -0.39 is 0 Å². The Morgan fingerprint density at radius 2 is 1.08 bits per heavy atom. The normalized spacial score (nSPS) is 11.0. The number of hydrogen-bond donors (Lipinski definition) is 0. The summed E-state index contributed by atoms with van der Waals surface area (Å²) in [5, 5.41) is 1.11. The van der Waals surface area contributed by atoms with E-state index in [1.165, 1.54) is 89.9 Å². The number of unbranched alkanes of at least 4 members (excludes halogenated alkanes) is 12. The minimum atomic E-state index is 0.409. The van der Waals surface area contributed by atoms with Gasteiger partial charge >= 0.3 is 0 Å². The number of hydrogen-bond acceptors (Lipinski definition) is 1. The first-order valence-corrected chi connectivity index (χ1v) is 12.2. The molecular weight excluding hydrogens is 374 g/mol. The van der Waals surface area contributed by atoms with E-state index in [2.05, 4.69) is 34.7 Å². The van der Waals surface area contributed by atoms with Gasteiger partial charge in [0.15, 0.2) is 0 Å². The molecule has 0 heterocycles. The Kier molecular flexibility index (Phi) is 20.2. The fourth-order valence-electron chi connectivity index (χ4n) is 3.23. The lowest BCUT2D eigenvalue weighted by atomic mass is 10.1. The first-order chi connectivity index (χ1) is 12.3. The summed E-state index contributed by atoms with van der Waals surface area (Å²) in [5.41, 5.74) is 0. The highest BCUT2D eigenvalue weighted by atomic mass is 79.9. The van der Waals surface area contributed by atoms with Crippen LogP contribution in [0.2, 0.25) is 0 Å². The van der Waals surface area contributed by atoms with Gasteiger partial charge in [-0.3, -0.25) is 4.79 Å². The van der Waals surface area contributed by atoms with Gasteiger partial charge in [-0.25, -0.2) is 0 Å². The third-order valence-electron chi connectivity index (χ3n) is 4.94. The number of halogens is 1. The predicted octanol–water partition coefficient (Wildman–Crippen LogP) is 7.49. The van der Waals surface area contributed by atoms with Crippen LogP contribution in [0.5, 0.6) is 0 Å². The quantitative estimate of drug-likeness (QED) is 0.157. The molecule has 25 heavy (non-hydrogen) atoms. The summed E-state index contributed by atoms with van der Waals surface area (Å²) in [5.74, 6) is 0.409. The monoisotopic (exact) mass is 417 g/mol. The minimum absolute atomic E-state index is 0.409. The molecule has 2 nitrogen and oxygen atoms in total. The van der Waals surface area contributed by atoms with Crippen molar-refractivity contribution >= 4 is 21.8 Å². The molecule has 0 aromatic carbocycles. The van der Waals surface area contributed by atoms with Crippen LogP contribution in [0.25, 0.3) is 0 Å². The number of alkyl halides is 1. The standard InChI is InChI=1S/C22H44BrNO/c1-3-5-7-12-16-20-24(21-17-13-8-6-4-2)22(25)18-14-10-9-11-15-19-23/h3-21H2,1-2H3. The Morgan fingerprint density at radius 1 is 0.640 bits per heavy atom. The summed E-state index contributed by atoms with van der Waals surface area (Å²) < 4.78 is 0. The molecule has 0 N–H and O–H groups in total. The van der Waals surface area contributed by atoms with Crippen LogP contribution >= 0.6 is 15.9 Å². The summed E-state index contributed by atoms with van der Waals surface area (Å²) in [6.07, 6.45) is 19.7. The molecular formula is C22H44BrNO. The van der Waals surface area contributed by atoms with Crippen molar-refractivity contribution < 1.29 is 4.79 Å².